The molecule has 1 atom stereocenters. The molecule has 1 aliphatic rings. The van der Waals surface area contributed by atoms with Crippen molar-refractivity contribution in [2.24, 2.45) is 5.73 Å². The van der Waals surface area contributed by atoms with E-state index in [2.05, 4.69) is 0 Å². The van der Waals surface area contributed by atoms with Gasteiger partial charge in [0.05, 0.1) is 6.10 Å². The van der Waals surface area contributed by atoms with Gasteiger partial charge in [0, 0.05) is 24.1 Å². The second kappa shape index (κ2) is 3.68. The number of carbonyl (C=O) groups is 1. The quantitative estimate of drug-likeness (QED) is 0.707. The van der Waals surface area contributed by atoms with E-state index in [0.717, 1.165) is 12.1 Å². The van der Waals surface area contributed by atoms with Crippen LogP contribution in [0.4, 0.5) is 8.78 Å². The van der Waals surface area contributed by atoms with Gasteiger partial charge < -0.3 is 10.8 Å². The van der Waals surface area contributed by atoms with Gasteiger partial charge in [0.1, 0.15) is 11.6 Å². The fourth-order valence-corrected chi connectivity index (χ4v) is 1.92. The molecule has 3 nitrogen and oxygen atoms in total. The fourth-order valence-electron chi connectivity index (χ4n) is 1.92. The first-order chi connectivity index (χ1) is 7.49. The summed E-state index contributed by atoms with van der Waals surface area (Å²) in [5.74, 6) is -2.27. The van der Waals surface area contributed by atoms with Crippen molar-refractivity contribution in [3.63, 3.8) is 0 Å². The molecule has 0 saturated carbocycles. The summed E-state index contributed by atoms with van der Waals surface area (Å²) in [5, 5.41) is 9.58. The van der Waals surface area contributed by atoms with Gasteiger partial charge in [0.15, 0.2) is 0 Å². The van der Waals surface area contributed by atoms with Crippen LogP contribution in [0.5, 0.6) is 0 Å². The number of fused-ring (bicyclic) bond motifs is 1. The van der Waals surface area contributed by atoms with E-state index in [1.165, 1.54) is 0 Å². The zero-order chi connectivity index (χ0) is 11.9. The lowest BCUT2D eigenvalue weighted by molar-refractivity contribution is -0.113. The summed E-state index contributed by atoms with van der Waals surface area (Å²) in [5.41, 5.74) is 5.56. The summed E-state index contributed by atoms with van der Waals surface area (Å²) < 4.78 is 26.4. The van der Waals surface area contributed by atoms with Crippen LogP contribution in [0.25, 0.3) is 5.57 Å². The lowest BCUT2D eigenvalue weighted by atomic mass is 10.1. The molecule has 0 bridgehead atoms. The van der Waals surface area contributed by atoms with Gasteiger partial charge in [0.2, 0.25) is 5.91 Å². The highest BCUT2D eigenvalue weighted by Crippen LogP contribution is 2.41. The number of rotatable bonds is 1. The molecule has 3 N–H and O–H groups in total. The number of carbonyl (C=O) groups excluding carboxylic acids is 1. The van der Waals surface area contributed by atoms with E-state index in [1.54, 1.807) is 0 Å². The topological polar surface area (TPSA) is 63.3 Å². The fraction of sp³-hybridized carbons (Fsp3) is 0.182. The zero-order valence-electron chi connectivity index (χ0n) is 8.21. The molecule has 2 rings (SSSR count). The van der Waals surface area contributed by atoms with Crippen LogP contribution in [0.2, 0.25) is 0 Å². The third-order valence-electron chi connectivity index (χ3n) is 2.50. The van der Waals surface area contributed by atoms with Crippen molar-refractivity contribution in [2.75, 3.05) is 0 Å². The maximum atomic E-state index is 13.4. The Kier molecular flexibility index (Phi) is 2.47. The van der Waals surface area contributed by atoms with Crippen molar-refractivity contribution in [1.82, 2.24) is 0 Å². The highest BCUT2D eigenvalue weighted by Gasteiger charge is 2.29. The van der Waals surface area contributed by atoms with Crippen molar-refractivity contribution in [3.05, 3.63) is 41.0 Å². The Morgan fingerprint density at radius 3 is 2.81 bits per heavy atom. The summed E-state index contributed by atoms with van der Waals surface area (Å²) in [6.45, 7) is 0. The van der Waals surface area contributed by atoms with Gasteiger partial charge in [-0.2, -0.15) is 0 Å². The van der Waals surface area contributed by atoms with Gasteiger partial charge in [0.25, 0.3) is 0 Å². The first-order valence-electron chi connectivity index (χ1n) is 4.66. The number of amides is 1. The molecule has 5 heteroatoms. The smallest absolute Gasteiger partial charge is 0.241 e. The summed E-state index contributed by atoms with van der Waals surface area (Å²) in [7, 11) is 0. The van der Waals surface area contributed by atoms with E-state index in [4.69, 9.17) is 5.73 Å². The Morgan fingerprint density at radius 2 is 2.19 bits per heavy atom. The Morgan fingerprint density at radius 1 is 1.50 bits per heavy atom. The number of hydrogen-bond donors (Lipinski definition) is 2. The zero-order valence-corrected chi connectivity index (χ0v) is 8.21. The van der Waals surface area contributed by atoms with Gasteiger partial charge >= 0.3 is 0 Å². The van der Waals surface area contributed by atoms with Crippen LogP contribution in [0, 0.1) is 11.6 Å². The molecule has 0 aromatic heterocycles. The average Bonchev–Trinajstić information content (AvgIpc) is 2.41. The molecule has 1 aromatic rings. The summed E-state index contributed by atoms with van der Waals surface area (Å²) in [6, 6.07) is 1.79. The standard InChI is InChI=1S/C11H9F2NO2/c12-6-3-7-5(2-10(14)16)1-9(15)11(7)8(13)4-6/h2-4,9,15H,1H2,(H2,14,16)/b5-2-. The average molecular weight is 225 g/mol. The Bertz CT molecular complexity index is 497. The van der Waals surface area contributed by atoms with Gasteiger partial charge in [-0.05, 0) is 17.2 Å². The van der Waals surface area contributed by atoms with Gasteiger partial charge in [-0.1, -0.05) is 0 Å². The third-order valence-corrected chi connectivity index (χ3v) is 2.50. The van der Waals surface area contributed by atoms with Crippen molar-refractivity contribution in [2.45, 2.75) is 12.5 Å². The van der Waals surface area contributed by atoms with Gasteiger partial charge in [-0.3, -0.25) is 4.79 Å². The largest absolute Gasteiger partial charge is 0.388 e. The maximum absolute atomic E-state index is 13.4. The number of halogens is 2. The minimum Gasteiger partial charge on any atom is -0.388 e. The number of nitrogens with two attached hydrogens (primary N) is 1. The molecule has 1 aromatic carbocycles. The van der Waals surface area contributed by atoms with Crippen LogP contribution in [0.1, 0.15) is 23.7 Å². The lowest BCUT2D eigenvalue weighted by Gasteiger charge is -2.04. The van der Waals surface area contributed by atoms with E-state index in [-0.39, 0.29) is 17.5 Å². The summed E-state index contributed by atoms with van der Waals surface area (Å²) in [6.07, 6.45) is 0.0910. The molecule has 0 fully saturated rings. The lowest BCUT2D eigenvalue weighted by Crippen LogP contribution is -2.06. The Labute approximate surface area is 90.2 Å². The Hall–Kier alpha value is -1.75. The van der Waals surface area contributed by atoms with Crippen LogP contribution in [-0.2, 0) is 4.79 Å². The van der Waals surface area contributed by atoms with Crippen LogP contribution < -0.4 is 5.73 Å². The molecule has 0 spiro atoms. The number of aliphatic hydroxyl groups is 1. The molecule has 1 unspecified atom stereocenters. The van der Waals surface area contributed by atoms with E-state index < -0.39 is 23.6 Å². The molecule has 16 heavy (non-hydrogen) atoms. The second-order valence-electron chi connectivity index (χ2n) is 3.64. The summed E-state index contributed by atoms with van der Waals surface area (Å²) >= 11 is 0. The highest BCUT2D eigenvalue weighted by molar-refractivity contribution is 5.95. The van der Waals surface area contributed by atoms with Gasteiger partial charge in [-0.15, -0.1) is 0 Å². The number of benzene rings is 1. The minimum atomic E-state index is -1.05. The molecule has 0 radical (unpaired) electrons. The van der Waals surface area contributed by atoms with E-state index >= 15 is 0 Å². The van der Waals surface area contributed by atoms with Crippen molar-refractivity contribution < 1.29 is 18.7 Å². The predicted molar refractivity (Wildman–Crippen MR) is 53.1 cm³/mol. The van der Waals surface area contributed by atoms with E-state index in [1.807, 2.05) is 0 Å². The van der Waals surface area contributed by atoms with Crippen LogP contribution >= 0.6 is 0 Å². The minimum absolute atomic E-state index is 0.0221. The second-order valence-corrected chi connectivity index (χ2v) is 3.64. The van der Waals surface area contributed by atoms with Crippen molar-refractivity contribution in [1.29, 1.82) is 0 Å². The number of aliphatic hydroxyl groups excluding tert-OH is 1. The molecule has 0 saturated heterocycles. The monoisotopic (exact) mass is 225 g/mol. The van der Waals surface area contributed by atoms with Crippen molar-refractivity contribution in [3.8, 4) is 0 Å². The first kappa shape index (κ1) is 10.8. The summed E-state index contributed by atoms with van der Waals surface area (Å²) in [4.78, 5) is 10.7. The first-order valence-corrected chi connectivity index (χ1v) is 4.66. The maximum Gasteiger partial charge on any atom is 0.241 e. The molecule has 84 valence electrons. The van der Waals surface area contributed by atoms with Crippen LogP contribution in [-0.4, -0.2) is 11.0 Å². The van der Waals surface area contributed by atoms with Crippen LogP contribution in [0.15, 0.2) is 18.2 Å². The van der Waals surface area contributed by atoms with Crippen LogP contribution in [0.3, 0.4) is 0 Å². The SMILES string of the molecule is NC(=O)/C=C1/CC(O)c2c(F)cc(F)cc21. The Balaban J connectivity index is 2.61. The molecule has 0 aliphatic heterocycles. The van der Waals surface area contributed by atoms with E-state index in [9.17, 15) is 18.7 Å². The number of primary amides is 1. The highest BCUT2D eigenvalue weighted by atomic mass is 19.1. The predicted octanol–water partition coefficient (Wildman–Crippen LogP) is 1.27. The number of hydrogen-bond acceptors (Lipinski definition) is 2. The molecule has 1 amide bonds. The van der Waals surface area contributed by atoms with E-state index in [0.29, 0.717) is 11.6 Å². The molecule has 0 heterocycles. The van der Waals surface area contributed by atoms with Gasteiger partial charge in [-0.25, -0.2) is 8.78 Å². The van der Waals surface area contributed by atoms with Crippen molar-refractivity contribution >= 4 is 11.5 Å². The molecular weight excluding hydrogens is 216 g/mol. The normalized spacial score (nSPS) is 21.2. The molecule has 1 aliphatic carbocycles. The molecular formula is C11H9F2NO2. The third kappa shape index (κ3) is 1.69.